The summed E-state index contributed by atoms with van der Waals surface area (Å²) in [5.74, 6) is -2.23. The lowest BCUT2D eigenvalue weighted by Crippen LogP contribution is -2.38. The maximum atomic E-state index is 13.9. The van der Waals surface area contributed by atoms with Crippen LogP contribution in [0.4, 0.5) is 17.6 Å². The summed E-state index contributed by atoms with van der Waals surface area (Å²) >= 11 is -0.306. The number of carboxylic acids is 1. The summed E-state index contributed by atoms with van der Waals surface area (Å²) < 4.78 is 50.5. The first-order valence-electron chi connectivity index (χ1n) is 6.18. The first-order valence-corrected chi connectivity index (χ1v) is 7.00. The van der Waals surface area contributed by atoms with Crippen LogP contribution in [0.15, 0.2) is 29.2 Å². The monoisotopic (exact) mass is 337 g/mol. The molecular weight excluding hydrogens is 326 g/mol. The Hall–Kier alpha value is -1.77. The molecule has 0 spiro atoms. The van der Waals surface area contributed by atoms with Crippen molar-refractivity contribution in [3.8, 4) is 0 Å². The molecule has 1 aromatic carbocycles. The Kier molecular flexibility index (Phi) is 4.37. The molecule has 1 fully saturated rings. The minimum Gasteiger partial charge on any atom is -0.479 e. The van der Waals surface area contributed by atoms with Gasteiger partial charge in [-0.05, 0) is 36.0 Å². The van der Waals surface area contributed by atoms with Crippen LogP contribution in [0, 0.1) is 0 Å². The molecular formula is C13H11F4NO3S. The Morgan fingerprint density at radius 3 is 2.27 bits per heavy atom. The number of likely N-dealkylation sites (tertiary alicyclic amines) is 1. The summed E-state index contributed by atoms with van der Waals surface area (Å²) in [6, 6.07) is 4.69. The van der Waals surface area contributed by atoms with Crippen molar-refractivity contribution >= 4 is 23.6 Å². The van der Waals surface area contributed by atoms with Gasteiger partial charge in [0.15, 0.2) is 0 Å². The molecule has 2 rings (SSSR count). The maximum absolute atomic E-state index is 13.9. The van der Waals surface area contributed by atoms with Gasteiger partial charge in [0.05, 0.1) is 6.54 Å². The highest BCUT2D eigenvalue weighted by Crippen LogP contribution is 2.37. The second kappa shape index (κ2) is 5.79. The quantitative estimate of drug-likeness (QED) is 0.681. The largest absolute Gasteiger partial charge is 0.479 e. The predicted molar refractivity (Wildman–Crippen MR) is 70.3 cm³/mol. The Bertz CT molecular complexity index is 590. The number of rotatable bonds is 3. The van der Waals surface area contributed by atoms with Crippen LogP contribution in [-0.4, -0.2) is 46.1 Å². The normalized spacial score (nSPS) is 21.9. The number of carbonyl (C=O) groups excluding carboxylic acids is 1. The summed E-state index contributed by atoms with van der Waals surface area (Å²) in [5, 5.41) is 8.76. The van der Waals surface area contributed by atoms with Gasteiger partial charge in [0, 0.05) is 23.4 Å². The molecule has 0 saturated carbocycles. The molecule has 1 aliphatic heterocycles. The third-order valence-electron chi connectivity index (χ3n) is 3.22. The van der Waals surface area contributed by atoms with Crippen molar-refractivity contribution in [3.63, 3.8) is 0 Å². The van der Waals surface area contributed by atoms with Crippen molar-refractivity contribution in [3.05, 3.63) is 29.8 Å². The molecule has 0 aromatic heterocycles. The molecule has 1 aliphatic rings. The summed E-state index contributed by atoms with van der Waals surface area (Å²) in [6.07, 6.45) is -0.309. The van der Waals surface area contributed by atoms with E-state index >= 15 is 0 Å². The Morgan fingerprint density at radius 2 is 1.82 bits per heavy atom. The molecule has 1 amide bonds. The number of thioether (sulfide) groups is 1. The highest BCUT2D eigenvalue weighted by atomic mass is 32.2. The molecule has 4 nitrogen and oxygen atoms in total. The van der Waals surface area contributed by atoms with Crippen LogP contribution < -0.4 is 0 Å². The van der Waals surface area contributed by atoms with Crippen molar-refractivity contribution in [2.45, 2.75) is 22.5 Å². The molecule has 22 heavy (non-hydrogen) atoms. The van der Waals surface area contributed by atoms with E-state index in [0.29, 0.717) is 0 Å². The predicted octanol–water partition coefficient (Wildman–Crippen LogP) is 2.94. The van der Waals surface area contributed by atoms with Gasteiger partial charge in [-0.25, -0.2) is 9.18 Å². The van der Waals surface area contributed by atoms with Crippen molar-refractivity contribution in [1.82, 2.24) is 4.90 Å². The number of amides is 1. The van der Waals surface area contributed by atoms with E-state index < -0.39 is 29.6 Å². The zero-order chi connectivity index (χ0) is 16.5. The van der Waals surface area contributed by atoms with Crippen LogP contribution >= 0.6 is 11.8 Å². The van der Waals surface area contributed by atoms with Gasteiger partial charge in [0.25, 0.3) is 5.91 Å². The van der Waals surface area contributed by atoms with Gasteiger partial charge < -0.3 is 10.0 Å². The fourth-order valence-electron chi connectivity index (χ4n) is 2.10. The lowest BCUT2D eigenvalue weighted by molar-refractivity contribution is -0.149. The number of aliphatic carboxylic acids is 1. The summed E-state index contributed by atoms with van der Waals surface area (Å²) in [4.78, 5) is 23.8. The number of alkyl halides is 4. The van der Waals surface area contributed by atoms with E-state index in [1.165, 1.54) is 12.1 Å². The Labute approximate surface area is 127 Å². The van der Waals surface area contributed by atoms with Gasteiger partial charge >= 0.3 is 11.5 Å². The van der Waals surface area contributed by atoms with Crippen LogP contribution in [0.5, 0.6) is 0 Å². The molecule has 1 N–H and O–H groups in total. The number of hydrogen-bond donors (Lipinski definition) is 1. The van der Waals surface area contributed by atoms with Crippen LogP contribution in [0.1, 0.15) is 16.8 Å². The van der Waals surface area contributed by atoms with E-state index in [-0.39, 0.29) is 35.2 Å². The SMILES string of the molecule is O=C(c1ccc(SC(F)(F)F)cc1)N1CCC(F)(C(=O)O)C1. The molecule has 1 aromatic rings. The molecule has 0 radical (unpaired) electrons. The van der Waals surface area contributed by atoms with Gasteiger partial charge in [-0.2, -0.15) is 13.2 Å². The van der Waals surface area contributed by atoms with Crippen molar-refractivity contribution in [2.75, 3.05) is 13.1 Å². The molecule has 0 bridgehead atoms. The maximum Gasteiger partial charge on any atom is 0.446 e. The van der Waals surface area contributed by atoms with Crippen LogP contribution in [0.3, 0.4) is 0 Å². The van der Waals surface area contributed by atoms with Crippen LogP contribution in [0.25, 0.3) is 0 Å². The van der Waals surface area contributed by atoms with E-state index in [4.69, 9.17) is 5.11 Å². The molecule has 0 aliphatic carbocycles. The topological polar surface area (TPSA) is 57.6 Å². The Morgan fingerprint density at radius 1 is 1.23 bits per heavy atom. The minimum absolute atomic E-state index is 0.0549. The number of benzene rings is 1. The van der Waals surface area contributed by atoms with E-state index in [1.807, 2.05) is 0 Å². The summed E-state index contributed by atoms with van der Waals surface area (Å²) in [6.45, 7) is -0.624. The van der Waals surface area contributed by atoms with Gasteiger partial charge in [-0.15, -0.1) is 0 Å². The summed E-state index contributed by atoms with van der Waals surface area (Å²) in [5.41, 5.74) is -6.81. The lowest BCUT2D eigenvalue weighted by atomic mass is 10.1. The zero-order valence-corrected chi connectivity index (χ0v) is 11.9. The van der Waals surface area contributed by atoms with Crippen molar-refractivity contribution in [1.29, 1.82) is 0 Å². The van der Waals surface area contributed by atoms with Gasteiger partial charge in [-0.3, -0.25) is 4.79 Å². The van der Waals surface area contributed by atoms with Crippen molar-refractivity contribution in [2.24, 2.45) is 0 Å². The average Bonchev–Trinajstić information content (AvgIpc) is 2.81. The van der Waals surface area contributed by atoms with Crippen LogP contribution in [0.2, 0.25) is 0 Å². The van der Waals surface area contributed by atoms with E-state index in [1.54, 1.807) is 0 Å². The molecule has 120 valence electrons. The fourth-order valence-corrected chi connectivity index (χ4v) is 2.64. The first-order chi connectivity index (χ1) is 10.1. The number of nitrogens with zero attached hydrogens (tertiary/aromatic N) is 1. The minimum atomic E-state index is -4.42. The standard InChI is InChI=1S/C13H11F4NO3S/c14-12(11(20)21)5-6-18(7-12)10(19)8-1-3-9(4-2-8)22-13(15,16)17/h1-4H,5-7H2,(H,20,21). The van der Waals surface area contributed by atoms with Gasteiger partial charge in [-0.1, -0.05) is 0 Å². The number of carbonyl (C=O) groups is 2. The fraction of sp³-hybridized carbons (Fsp3) is 0.385. The van der Waals surface area contributed by atoms with E-state index in [0.717, 1.165) is 17.0 Å². The average molecular weight is 337 g/mol. The molecule has 9 heteroatoms. The smallest absolute Gasteiger partial charge is 0.446 e. The third kappa shape index (κ3) is 3.70. The van der Waals surface area contributed by atoms with E-state index in [2.05, 4.69) is 0 Å². The number of carboxylic acid groups (broad SMARTS) is 1. The van der Waals surface area contributed by atoms with Gasteiger partial charge in [0.2, 0.25) is 5.67 Å². The lowest BCUT2D eigenvalue weighted by Gasteiger charge is -2.18. The second-order valence-electron chi connectivity index (χ2n) is 4.82. The van der Waals surface area contributed by atoms with Crippen molar-refractivity contribution < 1.29 is 32.3 Å². The second-order valence-corrected chi connectivity index (χ2v) is 5.96. The van der Waals surface area contributed by atoms with Gasteiger partial charge in [0.1, 0.15) is 0 Å². The molecule has 1 saturated heterocycles. The third-order valence-corrected chi connectivity index (χ3v) is 3.96. The molecule has 1 heterocycles. The molecule has 1 atom stereocenters. The highest BCUT2D eigenvalue weighted by Gasteiger charge is 2.47. The van der Waals surface area contributed by atoms with E-state index in [9.17, 15) is 27.2 Å². The number of halogens is 4. The summed E-state index contributed by atoms with van der Waals surface area (Å²) in [7, 11) is 0. The van der Waals surface area contributed by atoms with Crippen LogP contribution in [-0.2, 0) is 4.79 Å². The Balaban J connectivity index is 2.06. The number of hydrogen-bond acceptors (Lipinski definition) is 3. The molecule has 1 unspecified atom stereocenters. The first kappa shape index (κ1) is 16.6. The zero-order valence-electron chi connectivity index (χ0n) is 11.1. The highest BCUT2D eigenvalue weighted by molar-refractivity contribution is 8.00.